The van der Waals surface area contributed by atoms with Gasteiger partial charge in [0, 0.05) is 18.3 Å². The number of aromatic nitrogens is 1. The molecule has 3 N–H and O–H groups in total. The molecule has 0 unspecified atom stereocenters. The van der Waals surface area contributed by atoms with Gasteiger partial charge in [-0.2, -0.15) is 0 Å². The minimum Gasteiger partial charge on any atom is -0.478 e. The zero-order valence-corrected chi connectivity index (χ0v) is 12.1. The number of anilines is 1. The molecule has 0 atom stereocenters. The molecule has 0 saturated heterocycles. The summed E-state index contributed by atoms with van der Waals surface area (Å²) in [5.41, 5.74) is 3.22. The number of hydrogen-bond donors (Lipinski definition) is 3. The number of aromatic amines is 1. The van der Waals surface area contributed by atoms with Gasteiger partial charge in [-0.15, -0.1) is 0 Å². The van der Waals surface area contributed by atoms with Crippen LogP contribution in [0.25, 0.3) is 0 Å². The van der Waals surface area contributed by atoms with Crippen LogP contribution in [0.1, 0.15) is 33.6 Å². The van der Waals surface area contributed by atoms with Gasteiger partial charge < -0.3 is 15.4 Å². The minimum atomic E-state index is -1.05. The first-order valence-corrected chi connectivity index (χ1v) is 6.74. The predicted molar refractivity (Wildman–Crippen MR) is 80.6 cm³/mol. The van der Waals surface area contributed by atoms with Crippen LogP contribution in [0.15, 0.2) is 30.5 Å². The van der Waals surface area contributed by atoms with Crippen molar-refractivity contribution >= 4 is 17.6 Å². The predicted octanol–water partition coefficient (Wildman–Crippen LogP) is 2.90. The van der Waals surface area contributed by atoms with Crippen LogP contribution in [0.4, 0.5) is 5.69 Å². The second kappa shape index (κ2) is 6.26. The molecular formula is C16H18N2O3. The van der Waals surface area contributed by atoms with Gasteiger partial charge >= 0.3 is 5.97 Å². The molecule has 1 aromatic heterocycles. The van der Waals surface area contributed by atoms with E-state index in [-0.39, 0.29) is 11.5 Å². The molecule has 2 aromatic rings. The normalized spacial score (nSPS) is 10.4. The summed E-state index contributed by atoms with van der Waals surface area (Å²) in [6.07, 6.45) is 2.45. The molecule has 0 saturated carbocycles. The number of amides is 1. The van der Waals surface area contributed by atoms with Crippen LogP contribution in [-0.2, 0) is 11.2 Å². The van der Waals surface area contributed by atoms with E-state index in [2.05, 4.69) is 10.3 Å². The molecule has 1 amide bonds. The van der Waals surface area contributed by atoms with E-state index < -0.39 is 5.97 Å². The zero-order valence-electron chi connectivity index (χ0n) is 12.1. The number of carbonyl (C=O) groups is 2. The van der Waals surface area contributed by atoms with Crippen LogP contribution >= 0.6 is 0 Å². The lowest BCUT2D eigenvalue weighted by Crippen LogP contribution is -2.14. The maximum Gasteiger partial charge on any atom is 0.339 e. The van der Waals surface area contributed by atoms with E-state index in [1.807, 2.05) is 31.2 Å². The summed E-state index contributed by atoms with van der Waals surface area (Å²) < 4.78 is 0. The van der Waals surface area contributed by atoms with Gasteiger partial charge in [0.2, 0.25) is 5.91 Å². The molecule has 0 spiro atoms. The third kappa shape index (κ3) is 3.51. The lowest BCUT2D eigenvalue weighted by molar-refractivity contribution is -0.116. The Kier molecular flexibility index (Phi) is 4.42. The summed E-state index contributed by atoms with van der Waals surface area (Å²) in [5.74, 6) is -1.25. The first-order valence-electron chi connectivity index (χ1n) is 6.74. The number of nitrogens with one attached hydrogen (secondary N) is 2. The summed E-state index contributed by atoms with van der Waals surface area (Å²) in [6.45, 7) is 3.66. The van der Waals surface area contributed by atoms with E-state index in [0.29, 0.717) is 24.2 Å². The minimum absolute atomic E-state index is 0.110. The quantitative estimate of drug-likeness (QED) is 0.790. The Labute approximate surface area is 123 Å². The molecular weight excluding hydrogens is 268 g/mol. The Bertz CT molecular complexity index is 674. The van der Waals surface area contributed by atoms with Crippen LogP contribution in [0.3, 0.4) is 0 Å². The number of carbonyl (C=O) groups excluding carboxylic acids is 1. The first kappa shape index (κ1) is 14.8. The van der Waals surface area contributed by atoms with Gasteiger partial charge in [0.05, 0.1) is 5.69 Å². The van der Waals surface area contributed by atoms with Gasteiger partial charge in [0.25, 0.3) is 0 Å². The highest BCUT2D eigenvalue weighted by Crippen LogP contribution is 2.19. The van der Waals surface area contributed by atoms with Crippen molar-refractivity contribution in [1.29, 1.82) is 0 Å². The summed E-state index contributed by atoms with van der Waals surface area (Å²) in [5, 5.41) is 11.8. The Morgan fingerprint density at radius 3 is 2.62 bits per heavy atom. The van der Waals surface area contributed by atoms with Gasteiger partial charge in [-0.25, -0.2) is 4.79 Å². The number of carboxylic acid groups (broad SMARTS) is 1. The molecule has 0 aliphatic carbocycles. The van der Waals surface area contributed by atoms with Crippen molar-refractivity contribution in [2.24, 2.45) is 0 Å². The van der Waals surface area contributed by atoms with E-state index in [4.69, 9.17) is 5.11 Å². The maximum atomic E-state index is 12.0. The highest BCUT2D eigenvalue weighted by atomic mass is 16.4. The number of H-pyrrole nitrogens is 1. The fraction of sp³-hybridized carbons (Fsp3) is 0.250. The Balaban J connectivity index is 2.00. The average Bonchev–Trinajstić information content (AvgIpc) is 2.79. The fourth-order valence-electron chi connectivity index (χ4n) is 2.25. The Morgan fingerprint density at radius 1 is 1.24 bits per heavy atom. The molecule has 0 fully saturated rings. The van der Waals surface area contributed by atoms with E-state index in [1.165, 1.54) is 6.20 Å². The molecule has 2 rings (SSSR count). The van der Waals surface area contributed by atoms with Crippen molar-refractivity contribution < 1.29 is 14.7 Å². The Morgan fingerprint density at radius 2 is 1.95 bits per heavy atom. The number of rotatable bonds is 5. The second-order valence-electron chi connectivity index (χ2n) is 4.98. The summed E-state index contributed by atoms with van der Waals surface area (Å²) in [6, 6.07) is 7.90. The van der Waals surface area contributed by atoms with Crippen molar-refractivity contribution in [2.75, 3.05) is 5.32 Å². The standard InChI is InChI=1S/C16H18N2O3/c1-10-5-3-4-6-12(10)7-8-14(19)18-13-9-17-11(2)15(13)16(20)21/h3-6,9,17H,7-8H2,1-2H3,(H,18,19)(H,20,21). The molecule has 1 heterocycles. The van der Waals surface area contributed by atoms with Crippen molar-refractivity contribution in [1.82, 2.24) is 4.98 Å². The number of aryl methyl sites for hydroxylation is 3. The molecule has 0 radical (unpaired) electrons. The molecule has 21 heavy (non-hydrogen) atoms. The smallest absolute Gasteiger partial charge is 0.339 e. The van der Waals surface area contributed by atoms with Crippen LogP contribution in [-0.4, -0.2) is 22.0 Å². The molecule has 0 bridgehead atoms. The number of aromatic carboxylic acids is 1. The molecule has 5 nitrogen and oxygen atoms in total. The van der Waals surface area contributed by atoms with Gasteiger partial charge in [0.15, 0.2) is 0 Å². The average molecular weight is 286 g/mol. The lowest BCUT2D eigenvalue weighted by Gasteiger charge is -2.07. The topological polar surface area (TPSA) is 82.2 Å². The van der Waals surface area contributed by atoms with E-state index in [0.717, 1.165) is 11.1 Å². The highest BCUT2D eigenvalue weighted by Gasteiger charge is 2.17. The van der Waals surface area contributed by atoms with E-state index in [1.54, 1.807) is 6.92 Å². The van der Waals surface area contributed by atoms with Crippen LogP contribution in [0, 0.1) is 13.8 Å². The molecule has 1 aromatic carbocycles. The third-order valence-electron chi connectivity index (χ3n) is 3.45. The molecule has 0 aliphatic rings. The van der Waals surface area contributed by atoms with E-state index in [9.17, 15) is 9.59 Å². The number of carboxylic acids is 1. The molecule has 110 valence electrons. The summed E-state index contributed by atoms with van der Waals surface area (Å²) >= 11 is 0. The van der Waals surface area contributed by atoms with Crippen LogP contribution in [0.5, 0.6) is 0 Å². The number of benzene rings is 1. The van der Waals surface area contributed by atoms with Crippen LogP contribution in [0.2, 0.25) is 0 Å². The van der Waals surface area contributed by atoms with E-state index >= 15 is 0 Å². The Hall–Kier alpha value is -2.56. The molecule has 5 heteroatoms. The van der Waals surface area contributed by atoms with Gasteiger partial charge in [-0.3, -0.25) is 4.79 Å². The third-order valence-corrected chi connectivity index (χ3v) is 3.45. The van der Waals surface area contributed by atoms with Crippen molar-refractivity contribution in [2.45, 2.75) is 26.7 Å². The van der Waals surface area contributed by atoms with Crippen molar-refractivity contribution in [3.63, 3.8) is 0 Å². The van der Waals surface area contributed by atoms with Crippen LogP contribution < -0.4 is 5.32 Å². The zero-order chi connectivity index (χ0) is 15.4. The van der Waals surface area contributed by atoms with Crippen molar-refractivity contribution in [3.05, 3.63) is 52.8 Å². The monoisotopic (exact) mass is 286 g/mol. The largest absolute Gasteiger partial charge is 0.478 e. The fourth-order valence-corrected chi connectivity index (χ4v) is 2.25. The van der Waals surface area contributed by atoms with Crippen molar-refractivity contribution in [3.8, 4) is 0 Å². The summed E-state index contributed by atoms with van der Waals surface area (Å²) in [7, 11) is 0. The number of hydrogen-bond acceptors (Lipinski definition) is 2. The second-order valence-corrected chi connectivity index (χ2v) is 4.98. The maximum absolute atomic E-state index is 12.0. The van der Waals surface area contributed by atoms with Gasteiger partial charge in [-0.05, 0) is 31.4 Å². The molecule has 0 aliphatic heterocycles. The highest BCUT2D eigenvalue weighted by molar-refractivity contribution is 6.01. The first-order chi connectivity index (χ1) is 9.99. The SMILES string of the molecule is Cc1ccccc1CCC(=O)Nc1c[nH]c(C)c1C(=O)O. The van der Waals surface area contributed by atoms with Gasteiger partial charge in [-0.1, -0.05) is 24.3 Å². The lowest BCUT2D eigenvalue weighted by atomic mass is 10.0. The summed E-state index contributed by atoms with van der Waals surface area (Å²) in [4.78, 5) is 25.9. The van der Waals surface area contributed by atoms with Gasteiger partial charge in [0.1, 0.15) is 5.56 Å².